The lowest BCUT2D eigenvalue weighted by Gasteiger charge is -2.19. The molecule has 2 nitrogen and oxygen atoms in total. The van der Waals surface area contributed by atoms with Gasteiger partial charge in [0.25, 0.3) is 0 Å². The first-order valence-electron chi connectivity index (χ1n) is 5.16. The summed E-state index contributed by atoms with van der Waals surface area (Å²) >= 11 is 5.63. The molecule has 98 valence electrons. The van der Waals surface area contributed by atoms with Gasteiger partial charge in [0, 0.05) is 17.9 Å². The smallest absolute Gasteiger partial charge is 0.310 e. The fourth-order valence-corrected chi connectivity index (χ4v) is 2.74. The Labute approximate surface area is 111 Å². The molecule has 1 fully saturated rings. The Morgan fingerprint density at radius 2 is 2.00 bits per heavy atom. The van der Waals surface area contributed by atoms with Gasteiger partial charge in [0.15, 0.2) is 0 Å². The summed E-state index contributed by atoms with van der Waals surface area (Å²) in [5.41, 5.74) is -4.10. The number of carbonyl (C=O) groups excluding carboxylic acids is 1. The molecule has 1 atom stereocenters. The molecule has 1 unspecified atom stereocenters. The average Bonchev–Trinajstić information content (AvgIpc) is 2.56. The zero-order chi connectivity index (χ0) is 13.3. The first-order chi connectivity index (χ1) is 8.37. The van der Waals surface area contributed by atoms with Crippen LogP contribution in [0.5, 0.6) is 0 Å². The molecule has 1 saturated heterocycles. The van der Waals surface area contributed by atoms with E-state index in [4.69, 9.17) is 11.6 Å². The summed E-state index contributed by atoms with van der Waals surface area (Å²) in [4.78, 5) is 13.0. The van der Waals surface area contributed by atoms with Gasteiger partial charge in [0.05, 0.1) is 11.1 Å². The van der Waals surface area contributed by atoms with Crippen LogP contribution < -0.4 is 4.90 Å². The highest BCUT2D eigenvalue weighted by Crippen LogP contribution is 2.42. The van der Waals surface area contributed by atoms with Gasteiger partial charge in [0.2, 0.25) is 5.91 Å². The van der Waals surface area contributed by atoms with E-state index < -0.39 is 5.51 Å². The van der Waals surface area contributed by atoms with Crippen LogP contribution in [0.4, 0.5) is 18.9 Å². The number of amides is 1. The normalized spacial score (nSPS) is 20.6. The lowest BCUT2D eigenvalue weighted by atomic mass is 10.3. The number of benzene rings is 1. The van der Waals surface area contributed by atoms with E-state index in [0.29, 0.717) is 0 Å². The van der Waals surface area contributed by atoms with Crippen molar-refractivity contribution in [2.75, 3.05) is 11.4 Å². The SMILES string of the molecule is O=C1CC(Cl)CN1c1ccccc1SC(F)(F)F. The molecule has 0 aliphatic carbocycles. The van der Waals surface area contributed by atoms with E-state index >= 15 is 0 Å². The number of halogens is 4. The molecule has 1 aliphatic rings. The molecule has 7 heteroatoms. The van der Waals surface area contributed by atoms with Crippen molar-refractivity contribution in [3.63, 3.8) is 0 Å². The maximum Gasteiger partial charge on any atom is 0.446 e. The second-order valence-corrected chi connectivity index (χ2v) is 5.55. The first kappa shape index (κ1) is 13.5. The highest BCUT2D eigenvalue weighted by Gasteiger charge is 2.34. The third-order valence-corrected chi connectivity index (χ3v) is 3.55. The standard InChI is InChI=1S/C11H9ClF3NOS/c12-7-5-10(17)16(6-7)8-3-1-2-4-9(8)18-11(13,14)15/h1-4,7H,5-6H2. The summed E-state index contributed by atoms with van der Waals surface area (Å²) in [5, 5.41) is -0.346. The molecule has 0 bridgehead atoms. The zero-order valence-electron chi connectivity index (χ0n) is 9.08. The van der Waals surface area contributed by atoms with Crippen LogP contribution in [-0.4, -0.2) is 23.3 Å². The quantitative estimate of drug-likeness (QED) is 0.613. The number of para-hydroxylation sites is 1. The van der Waals surface area contributed by atoms with E-state index in [2.05, 4.69) is 0 Å². The predicted octanol–water partition coefficient (Wildman–Crippen LogP) is 3.64. The van der Waals surface area contributed by atoms with Gasteiger partial charge in [-0.3, -0.25) is 4.79 Å². The van der Waals surface area contributed by atoms with Gasteiger partial charge in [0.1, 0.15) is 0 Å². The molecule has 0 saturated carbocycles. The molecular formula is C11H9ClF3NOS. The molecule has 0 spiro atoms. The van der Waals surface area contributed by atoms with E-state index in [1.165, 1.54) is 23.1 Å². The topological polar surface area (TPSA) is 20.3 Å². The second kappa shape index (κ2) is 5.01. The molecule has 1 aliphatic heterocycles. The maximum absolute atomic E-state index is 12.4. The fraction of sp³-hybridized carbons (Fsp3) is 0.364. The van der Waals surface area contributed by atoms with Crippen molar-refractivity contribution in [3.8, 4) is 0 Å². The largest absolute Gasteiger partial charge is 0.446 e. The third-order valence-electron chi connectivity index (χ3n) is 2.46. The van der Waals surface area contributed by atoms with Gasteiger partial charge in [-0.05, 0) is 23.9 Å². The summed E-state index contributed by atoms with van der Waals surface area (Å²) in [6, 6.07) is 5.96. The number of carbonyl (C=O) groups is 1. The van der Waals surface area contributed by atoms with Crippen LogP contribution in [0.1, 0.15) is 6.42 Å². The predicted molar refractivity (Wildman–Crippen MR) is 65.0 cm³/mol. The van der Waals surface area contributed by atoms with Crippen molar-refractivity contribution in [1.82, 2.24) is 0 Å². The van der Waals surface area contributed by atoms with E-state index in [9.17, 15) is 18.0 Å². The first-order valence-corrected chi connectivity index (χ1v) is 6.41. The van der Waals surface area contributed by atoms with Crippen LogP contribution in [0.25, 0.3) is 0 Å². The van der Waals surface area contributed by atoms with E-state index in [1.54, 1.807) is 6.07 Å². The molecule has 1 aromatic carbocycles. The van der Waals surface area contributed by atoms with Crippen LogP contribution in [0.15, 0.2) is 29.2 Å². The number of alkyl halides is 4. The summed E-state index contributed by atoms with van der Waals surface area (Å²) < 4.78 is 37.2. The Balaban J connectivity index is 2.30. The van der Waals surface area contributed by atoms with Gasteiger partial charge in [-0.25, -0.2) is 0 Å². The minimum Gasteiger partial charge on any atom is -0.310 e. The lowest BCUT2D eigenvalue weighted by molar-refractivity contribution is -0.117. The summed E-state index contributed by atoms with van der Waals surface area (Å²) in [7, 11) is 0. The van der Waals surface area contributed by atoms with Gasteiger partial charge in [-0.15, -0.1) is 11.6 Å². The van der Waals surface area contributed by atoms with Crippen molar-refractivity contribution in [2.24, 2.45) is 0 Å². The van der Waals surface area contributed by atoms with Gasteiger partial charge in [-0.2, -0.15) is 13.2 Å². The summed E-state index contributed by atoms with van der Waals surface area (Å²) in [5.74, 6) is -0.245. The van der Waals surface area contributed by atoms with Gasteiger partial charge >= 0.3 is 5.51 Å². The molecule has 1 heterocycles. The molecular weight excluding hydrogens is 287 g/mol. The summed E-state index contributed by atoms with van der Waals surface area (Å²) in [6.07, 6.45) is 0.159. The average molecular weight is 296 g/mol. The highest BCUT2D eigenvalue weighted by atomic mass is 35.5. The Bertz CT molecular complexity index is 466. The Hall–Kier alpha value is -0.880. The summed E-state index contributed by atoms with van der Waals surface area (Å²) in [6.45, 7) is 0.246. The van der Waals surface area contributed by atoms with E-state index in [1.807, 2.05) is 0 Å². The number of hydrogen-bond donors (Lipinski definition) is 0. The van der Waals surface area contributed by atoms with E-state index in [-0.39, 0.29) is 46.6 Å². The van der Waals surface area contributed by atoms with Crippen LogP contribution in [0, 0.1) is 0 Å². The molecule has 2 rings (SSSR count). The van der Waals surface area contributed by atoms with Crippen molar-refractivity contribution < 1.29 is 18.0 Å². The number of hydrogen-bond acceptors (Lipinski definition) is 2. The molecule has 0 aromatic heterocycles. The number of rotatable bonds is 2. The van der Waals surface area contributed by atoms with Crippen molar-refractivity contribution in [3.05, 3.63) is 24.3 Å². The third kappa shape index (κ3) is 3.11. The van der Waals surface area contributed by atoms with Crippen LogP contribution in [0.2, 0.25) is 0 Å². The molecule has 18 heavy (non-hydrogen) atoms. The lowest BCUT2D eigenvalue weighted by Crippen LogP contribution is -2.25. The highest BCUT2D eigenvalue weighted by molar-refractivity contribution is 8.00. The maximum atomic E-state index is 12.4. The Morgan fingerprint density at radius 1 is 1.33 bits per heavy atom. The monoisotopic (exact) mass is 295 g/mol. The Morgan fingerprint density at radius 3 is 2.56 bits per heavy atom. The van der Waals surface area contributed by atoms with Crippen LogP contribution in [-0.2, 0) is 4.79 Å². The van der Waals surface area contributed by atoms with Crippen LogP contribution >= 0.6 is 23.4 Å². The van der Waals surface area contributed by atoms with Gasteiger partial charge < -0.3 is 4.90 Å². The number of nitrogens with zero attached hydrogens (tertiary/aromatic N) is 1. The van der Waals surface area contributed by atoms with E-state index in [0.717, 1.165) is 0 Å². The molecule has 0 N–H and O–H groups in total. The van der Waals surface area contributed by atoms with Crippen molar-refractivity contribution in [1.29, 1.82) is 0 Å². The number of thioether (sulfide) groups is 1. The minimum absolute atomic E-state index is 0.0177. The Kier molecular flexibility index (Phi) is 3.77. The van der Waals surface area contributed by atoms with Crippen molar-refractivity contribution in [2.45, 2.75) is 22.2 Å². The molecule has 1 amide bonds. The minimum atomic E-state index is -4.38. The van der Waals surface area contributed by atoms with Crippen LogP contribution in [0.3, 0.4) is 0 Å². The zero-order valence-corrected chi connectivity index (χ0v) is 10.6. The molecule has 1 aromatic rings. The molecule has 0 radical (unpaired) electrons. The number of anilines is 1. The van der Waals surface area contributed by atoms with Gasteiger partial charge in [-0.1, -0.05) is 12.1 Å². The van der Waals surface area contributed by atoms with Crippen molar-refractivity contribution >= 4 is 35.0 Å². The second-order valence-electron chi connectivity index (χ2n) is 3.82. The fourth-order valence-electron chi connectivity index (χ4n) is 1.79.